The number of hydrogen-bond acceptors (Lipinski definition) is 3. The number of aromatic amines is 1. The van der Waals surface area contributed by atoms with Crippen LogP contribution >= 0.6 is 0 Å². The highest BCUT2D eigenvalue weighted by Gasteiger charge is 2.31. The molecule has 3 aromatic rings. The van der Waals surface area contributed by atoms with E-state index in [1.807, 2.05) is 44.2 Å². The van der Waals surface area contributed by atoms with Gasteiger partial charge in [-0.2, -0.15) is 0 Å². The van der Waals surface area contributed by atoms with Crippen molar-refractivity contribution in [3.05, 3.63) is 47.0 Å². The monoisotopic (exact) mass is 411 g/mol. The van der Waals surface area contributed by atoms with Gasteiger partial charge in [-0.3, -0.25) is 0 Å². The van der Waals surface area contributed by atoms with Crippen LogP contribution in [0.2, 0.25) is 0 Å². The molecule has 2 aliphatic rings. The Labute approximate surface area is 175 Å². The molecule has 1 aromatic heterocycles. The Morgan fingerprint density at radius 3 is 2.70 bits per heavy atom. The van der Waals surface area contributed by atoms with Crippen molar-refractivity contribution < 1.29 is 18.3 Å². The molecule has 156 valence electrons. The van der Waals surface area contributed by atoms with Crippen LogP contribution in [0.5, 0.6) is 5.75 Å². The van der Waals surface area contributed by atoms with E-state index in [0.29, 0.717) is 11.5 Å². The molecule has 5 rings (SSSR count). The first-order chi connectivity index (χ1) is 14.7. The van der Waals surface area contributed by atoms with Crippen molar-refractivity contribution in [2.45, 2.75) is 39.5 Å². The van der Waals surface area contributed by atoms with Crippen molar-refractivity contribution in [3.8, 4) is 5.75 Å². The lowest BCUT2D eigenvalue weighted by molar-refractivity contribution is -0.356. The number of para-hydroxylation sites is 2. The number of aromatic nitrogens is 2. The number of nitrogens with zero attached hydrogens (tertiary/aromatic N) is 2. The van der Waals surface area contributed by atoms with Crippen molar-refractivity contribution in [3.63, 3.8) is 0 Å². The number of imidazole rings is 1. The summed E-state index contributed by atoms with van der Waals surface area (Å²) in [4.78, 5) is 13.1. The Morgan fingerprint density at radius 1 is 1.17 bits per heavy atom. The van der Waals surface area contributed by atoms with Gasteiger partial charge in [0.1, 0.15) is 11.3 Å². The highest BCUT2D eigenvalue weighted by Crippen LogP contribution is 2.42. The van der Waals surface area contributed by atoms with E-state index in [2.05, 4.69) is 19.9 Å². The van der Waals surface area contributed by atoms with Crippen LogP contribution in [0.15, 0.2) is 30.3 Å². The van der Waals surface area contributed by atoms with E-state index in [1.54, 1.807) is 6.21 Å². The summed E-state index contributed by atoms with van der Waals surface area (Å²) >= 11 is 0. The highest BCUT2D eigenvalue weighted by molar-refractivity contribution is 6.35. The van der Waals surface area contributed by atoms with Crippen molar-refractivity contribution in [1.82, 2.24) is 9.97 Å². The second-order valence-electron chi connectivity index (χ2n) is 7.25. The molecule has 30 heavy (non-hydrogen) atoms. The molecule has 2 aromatic carbocycles. The largest absolute Gasteiger partial charge is 0.796 e. The molecule has 0 fully saturated rings. The Hall–Kier alpha value is -2.90. The third-order valence-electron chi connectivity index (χ3n) is 5.46. The molecule has 0 unspecified atom stereocenters. The molecule has 0 aliphatic carbocycles. The minimum Gasteiger partial charge on any atom is -0.504 e. The van der Waals surface area contributed by atoms with Gasteiger partial charge in [0, 0.05) is 29.9 Å². The number of anilines is 1. The van der Waals surface area contributed by atoms with Gasteiger partial charge in [-0.05, 0) is 49.4 Å². The molecular weight excluding hydrogens is 385 g/mol. The SMILES string of the molecule is CC.FB(F)Oc1c(/C=[NH+]/c2nc3ccccc3[nH]2)cc2c3c1CCCN3CCC2. The molecule has 2 aliphatic heterocycles. The summed E-state index contributed by atoms with van der Waals surface area (Å²) in [7, 11) is -2.85. The van der Waals surface area contributed by atoms with E-state index in [-0.39, 0.29) is 5.75 Å². The second kappa shape index (κ2) is 8.85. The van der Waals surface area contributed by atoms with Gasteiger partial charge < -0.3 is 9.55 Å². The van der Waals surface area contributed by atoms with E-state index in [1.165, 1.54) is 5.56 Å². The fraction of sp³-hybridized carbons (Fsp3) is 0.364. The molecule has 0 saturated heterocycles. The highest BCUT2D eigenvalue weighted by atomic mass is 19.2. The average molecular weight is 411 g/mol. The molecule has 5 nitrogen and oxygen atoms in total. The molecule has 0 spiro atoms. The maximum atomic E-state index is 13.2. The summed E-state index contributed by atoms with van der Waals surface area (Å²) in [6.45, 7) is 5.96. The zero-order valence-corrected chi connectivity index (χ0v) is 17.3. The van der Waals surface area contributed by atoms with Gasteiger partial charge in [-0.15, -0.1) is 0 Å². The molecule has 0 amide bonds. The average Bonchev–Trinajstić information content (AvgIpc) is 3.19. The number of aryl methyl sites for hydroxylation is 1. The molecule has 8 heteroatoms. The fourth-order valence-corrected chi connectivity index (χ4v) is 4.36. The molecule has 2 N–H and O–H groups in total. The summed E-state index contributed by atoms with van der Waals surface area (Å²) < 4.78 is 31.4. The van der Waals surface area contributed by atoms with Gasteiger partial charge in [-0.1, -0.05) is 31.0 Å². The van der Waals surface area contributed by atoms with Crippen LogP contribution in [-0.4, -0.2) is 36.7 Å². The molecule has 0 bridgehead atoms. The third-order valence-corrected chi connectivity index (χ3v) is 5.46. The van der Waals surface area contributed by atoms with Crippen LogP contribution in [0.1, 0.15) is 43.4 Å². The summed E-state index contributed by atoms with van der Waals surface area (Å²) in [6, 6.07) is 9.69. The molecular formula is C22H26BF2N4O+. The standard InChI is InChI=1S/C20H19BF2N4O.C2H6/c22-21(23)28-19-14(12-24-20-25-16-7-1-2-8-17(16)26-20)11-13-5-3-9-27-10-4-6-15(19)18(13)27;1-2/h1-2,7-8,11-12H,3-6,9-10H2,(H,25,26);1-2H3/p+1/b24-12+;. The number of rotatable bonds is 4. The minimum absolute atomic E-state index is 0.281. The summed E-state index contributed by atoms with van der Waals surface area (Å²) in [5, 5.41) is 0. The minimum atomic E-state index is -2.85. The second-order valence-corrected chi connectivity index (χ2v) is 7.25. The van der Waals surface area contributed by atoms with Gasteiger partial charge in [-0.25, -0.2) is 18.6 Å². The number of halogens is 2. The van der Waals surface area contributed by atoms with E-state index in [4.69, 9.17) is 4.65 Å². The topological polar surface area (TPSA) is 55.1 Å². The first kappa shape index (κ1) is 20.4. The third kappa shape index (κ3) is 3.91. The lowest BCUT2D eigenvalue weighted by Crippen LogP contribution is -2.62. The fourth-order valence-electron chi connectivity index (χ4n) is 4.36. The predicted molar refractivity (Wildman–Crippen MR) is 117 cm³/mol. The molecule has 0 radical (unpaired) electrons. The van der Waals surface area contributed by atoms with Crippen LogP contribution in [0.4, 0.5) is 20.3 Å². The van der Waals surface area contributed by atoms with E-state index < -0.39 is 7.47 Å². The van der Waals surface area contributed by atoms with Crippen LogP contribution in [-0.2, 0) is 12.8 Å². The van der Waals surface area contributed by atoms with Crippen LogP contribution in [0, 0.1) is 0 Å². The van der Waals surface area contributed by atoms with Gasteiger partial charge in [0.05, 0.1) is 6.21 Å². The van der Waals surface area contributed by atoms with Gasteiger partial charge >= 0.3 is 13.4 Å². The number of benzene rings is 2. The smallest absolute Gasteiger partial charge is 0.504 e. The van der Waals surface area contributed by atoms with Gasteiger partial charge in [0.2, 0.25) is 0 Å². The quantitative estimate of drug-likeness (QED) is 0.511. The van der Waals surface area contributed by atoms with Crippen LogP contribution < -0.4 is 14.5 Å². The Kier molecular flexibility index (Phi) is 6.02. The van der Waals surface area contributed by atoms with Crippen LogP contribution in [0.3, 0.4) is 0 Å². The van der Waals surface area contributed by atoms with Crippen molar-refractivity contribution in [1.29, 1.82) is 0 Å². The number of nitrogens with one attached hydrogen (secondary N) is 2. The van der Waals surface area contributed by atoms with Crippen molar-refractivity contribution in [2.24, 2.45) is 0 Å². The lowest BCUT2D eigenvalue weighted by atomic mass is 9.89. The van der Waals surface area contributed by atoms with E-state index >= 15 is 0 Å². The number of fused-ring (bicyclic) bond motifs is 1. The summed E-state index contributed by atoms with van der Waals surface area (Å²) in [5.74, 6) is 0.848. The first-order valence-corrected chi connectivity index (χ1v) is 10.6. The lowest BCUT2D eigenvalue weighted by Gasteiger charge is -2.38. The van der Waals surface area contributed by atoms with Crippen LogP contribution in [0.25, 0.3) is 11.0 Å². The number of H-pyrrole nitrogens is 1. The number of hydrogen-bond donors (Lipinski definition) is 2. The Bertz CT molecular complexity index is 1030. The predicted octanol–water partition coefficient (Wildman–Crippen LogP) is 3.42. The van der Waals surface area contributed by atoms with Crippen molar-refractivity contribution >= 4 is 36.4 Å². The molecule has 3 heterocycles. The van der Waals surface area contributed by atoms with Gasteiger partial charge in [0.25, 0.3) is 0 Å². The maximum absolute atomic E-state index is 13.2. The molecule has 0 atom stereocenters. The first-order valence-electron chi connectivity index (χ1n) is 10.6. The van der Waals surface area contributed by atoms with Crippen molar-refractivity contribution in [2.75, 3.05) is 18.0 Å². The van der Waals surface area contributed by atoms with E-state index in [0.717, 1.165) is 61.1 Å². The zero-order chi connectivity index (χ0) is 21.1. The summed E-state index contributed by atoms with van der Waals surface area (Å²) in [6.07, 6.45) is 5.46. The Balaban J connectivity index is 0.00000106. The van der Waals surface area contributed by atoms with E-state index in [9.17, 15) is 8.63 Å². The van der Waals surface area contributed by atoms with Gasteiger partial charge in [0.15, 0.2) is 5.52 Å². The zero-order valence-electron chi connectivity index (χ0n) is 17.3. The maximum Gasteiger partial charge on any atom is 0.796 e. The summed E-state index contributed by atoms with van der Waals surface area (Å²) in [5.41, 5.74) is 5.62. The normalized spacial score (nSPS) is 15.0. The Morgan fingerprint density at radius 2 is 1.93 bits per heavy atom. The molecule has 0 saturated carbocycles.